The quantitative estimate of drug-likeness (QED) is 0.251. The van der Waals surface area contributed by atoms with Gasteiger partial charge in [0.05, 0.1) is 30.0 Å². The maximum absolute atomic E-state index is 5.71. The van der Waals surface area contributed by atoms with Crippen molar-refractivity contribution in [2.75, 3.05) is 26.7 Å². The molecule has 1 fully saturated rings. The van der Waals surface area contributed by atoms with Crippen LogP contribution in [0.3, 0.4) is 0 Å². The molecular weight excluding hydrogens is 436 g/mol. The SMILES string of the molecule is C=C/C(CN1CCCCC1)=C(\C=C)OC.NCc1ccc2[nH]nc(-c3ccc4cn[nH]c4c3)c2c1. The molecular formula is C28H34N6O. The molecule has 1 saturated heterocycles. The van der Waals surface area contributed by atoms with E-state index in [1.54, 1.807) is 13.2 Å². The lowest BCUT2D eigenvalue weighted by atomic mass is 10.0. The number of rotatable bonds is 7. The fraction of sp³-hybridized carbons (Fsp3) is 0.286. The molecule has 0 unspecified atom stereocenters. The van der Waals surface area contributed by atoms with Crippen molar-refractivity contribution < 1.29 is 4.74 Å². The van der Waals surface area contributed by atoms with Gasteiger partial charge in [-0.3, -0.25) is 15.1 Å². The van der Waals surface area contributed by atoms with Crippen LogP contribution in [0.2, 0.25) is 0 Å². The Hall–Kier alpha value is -3.68. The summed E-state index contributed by atoms with van der Waals surface area (Å²) >= 11 is 0. The van der Waals surface area contributed by atoms with Crippen LogP contribution in [0.15, 0.2) is 79.2 Å². The third kappa shape index (κ3) is 5.70. The summed E-state index contributed by atoms with van der Waals surface area (Å²) in [4.78, 5) is 2.45. The number of aromatic amines is 2. The van der Waals surface area contributed by atoms with E-state index < -0.39 is 0 Å². The Bertz CT molecular complexity index is 1330. The molecule has 5 rings (SSSR count). The van der Waals surface area contributed by atoms with Crippen LogP contribution in [0, 0.1) is 0 Å². The maximum Gasteiger partial charge on any atom is 0.122 e. The van der Waals surface area contributed by atoms with Crippen LogP contribution >= 0.6 is 0 Å². The number of hydrogen-bond donors (Lipinski definition) is 3. The Labute approximate surface area is 206 Å². The zero-order chi connectivity index (χ0) is 24.6. The summed E-state index contributed by atoms with van der Waals surface area (Å²) in [6, 6.07) is 12.3. The van der Waals surface area contributed by atoms with Gasteiger partial charge in [0.25, 0.3) is 0 Å². The van der Waals surface area contributed by atoms with E-state index in [4.69, 9.17) is 10.5 Å². The van der Waals surface area contributed by atoms with Crippen molar-refractivity contribution in [3.05, 3.63) is 84.8 Å². The summed E-state index contributed by atoms with van der Waals surface area (Å²) in [5.41, 5.74) is 12.0. The van der Waals surface area contributed by atoms with E-state index in [0.29, 0.717) is 6.54 Å². The van der Waals surface area contributed by atoms with Gasteiger partial charge in [-0.05, 0) is 55.8 Å². The number of piperidine rings is 1. The van der Waals surface area contributed by atoms with Gasteiger partial charge in [0.1, 0.15) is 5.76 Å². The molecule has 35 heavy (non-hydrogen) atoms. The number of fused-ring (bicyclic) bond motifs is 2. The van der Waals surface area contributed by atoms with Crippen LogP contribution in [-0.4, -0.2) is 52.0 Å². The molecule has 182 valence electrons. The highest BCUT2D eigenvalue weighted by molar-refractivity contribution is 5.95. The summed E-state index contributed by atoms with van der Waals surface area (Å²) in [5.74, 6) is 0.843. The highest BCUT2D eigenvalue weighted by Gasteiger charge is 2.12. The number of nitrogens with one attached hydrogen (secondary N) is 2. The maximum atomic E-state index is 5.71. The summed E-state index contributed by atoms with van der Waals surface area (Å²) in [7, 11) is 1.68. The van der Waals surface area contributed by atoms with Gasteiger partial charge in [-0.15, -0.1) is 0 Å². The summed E-state index contributed by atoms with van der Waals surface area (Å²) in [5, 5.41) is 16.7. The number of aromatic nitrogens is 4. The van der Waals surface area contributed by atoms with E-state index in [-0.39, 0.29) is 0 Å². The molecule has 4 N–H and O–H groups in total. The van der Waals surface area contributed by atoms with Crippen molar-refractivity contribution in [3.63, 3.8) is 0 Å². The molecule has 4 aromatic rings. The minimum Gasteiger partial charge on any atom is -0.496 e. The average Bonchev–Trinajstić information content (AvgIpc) is 3.55. The van der Waals surface area contributed by atoms with Gasteiger partial charge >= 0.3 is 0 Å². The Morgan fingerprint density at radius 1 is 1.06 bits per heavy atom. The predicted molar refractivity (Wildman–Crippen MR) is 144 cm³/mol. The van der Waals surface area contributed by atoms with Crippen molar-refractivity contribution in [2.45, 2.75) is 25.8 Å². The number of H-pyrrole nitrogens is 2. The standard InChI is InChI=1S/C15H13N5.C13H21NO/c16-7-9-1-4-13-12(5-9)15(20-19-13)10-2-3-11-8-17-18-14(11)6-10;1-4-12(13(5-2)15-3)11-14-9-7-6-8-10-14/h1-6,8H,7,16H2,(H,17,18)(H,19,20);4-5H,1-2,6-11H2,3H3/b;13-12-. The monoisotopic (exact) mass is 470 g/mol. The Kier molecular flexibility index (Phi) is 8.13. The number of nitrogens with zero attached hydrogens (tertiary/aromatic N) is 3. The lowest BCUT2D eigenvalue weighted by Crippen LogP contribution is -2.31. The second-order valence-electron chi connectivity index (χ2n) is 8.67. The van der Waals surface area contributed by atoms with Crippen molar-refractivity contribution in [1.82, 2.24) is 25.3 Å². The smallest absolute Gasteiger partial charge is 0.122 e. The Morgan fingerprint density at radius 2 is 1.89 bits per heavy atom. The molecule has 0 saturated carbocycles. The Balaban J connectivity index is 0.000000174. The fourth-order valence-electron chi connectivity index (χ4n) is 4.44. The van der Waals surface area contributed by atoms with Crippen LogP contribution in [0.25, 0.3) is 33.1 Å². The summed E-state index contributed by atoms with van der Waals surface area (Å²) < 4.78 is 5.26. The molecule has 1 aliphatic rings. The molecule has 1 aliphatic heterocycles. The number of hydrogen-bond acceptors (Lipinski definition) is 5. The second-order valence-corrected chi connectivity index (χ2v) is 8.67. The molecule has 2 aromatic heterocycles. The highest BCUT2D eigenvalue weighted by atomic mass is 16.5. The van der Waals surface area contributed by atoms with E-state index in [1.807, 2.05) is 30.5 Å². The van der Waals surface area contributed by atoms with Gasteiger partial charge in [0.15, 0.2) is 0 Å². The largest absolute Gasteiger partial charge is 0.496 e. The lowest BCUT2D eigenvalue weighted by Gasteiger charge is -2.27. The summed E-state index contributed by atoms with van der Waals surface area (Å²) in [6.45, 7) is 11.4. The van der Waals surface area contributed by atoms with Crippen molar-refractivity contribution in [3.8, 4) is 11.3 Å². The van der Waals surface area contributed by atoms with Crippen molar-refractivity contribution >= 4 is 21.8 Å². The van der Waals surface area contributed by atoms with Gasteiger partial charge in [0, 0.05) is 35.0 Å². The van der Waals surface area contributed by atoms with Gasteiger partial charge in [-0.2, -0.15) is 10.2 Å². The number of ether oxygens (including phenoxy) is 1. The van der Waals surface area contributed by atoms with E-state index in [1.165, 1.54) is 32.4 Å². The number of methoxy groups -OCH3 is 1. The fourth-order valence-corrected chi connectivity index (χ4v) is 4.44. The third-order valence-electron chi connectivity index (χ3n) is 6.39. The number of benzene rings is 2. The molecule has 7 heteroatoms. The molecule has 0 aliphatic carbocycles. The molecule has 2 aromatic carbocycles. The minimum absolute atomic E-state index is 0.528. The molecule has 0 bridgehead atoms. The van der Waals surface area contributed by atoms with Crippen molar-refractivity contribution in [2.24, 2.45) is 5.73 Å². The average molecular weight is 471 g/mol. The number of nitrogens with two attached hydrogens (primary N) is 1. The zero-order valence-corrected chi connectivity index (χ0v) is 20.4. The van der Waals surface area contributed by atoms with Gasteiger partial charge in [0.2, 0.25) is 0 Å². The first-order valence-electron chi connectivity index (χ1n) is 12.0. The molecule has 0 atom stereocenters. The van der Waals surface area contributed by atoms with Crippen LogP contribution < -0.4 is 5.73 Å². The molecule has 0 radical (unpaired) electrons. The predicted octanol–water partition coefficient (Wildman–Crippen LogP) is 5.31. The van der Waals surface area contributed by atoms with Crippen LogP contribution in [0.4, 0.5) is 0 Å². The first-order valence-corrected chi connectivity index (χ1v) is 12.0. The molecule has 0 spiro atoms. The van der Waals surface area contributed by atoms with Gasteiger partial charge < -0.3 is 10.5 Å². The number of allylic oxidation sites excluding steroid dienone is 1. The van der Waals surface area contributed by atoms with Crippen LogP contribution in [-0.2, 0) is 11.3 Å². The van der Waals surface area contributed by atoms with E-state index in [0.717, 1.165) is 56.5 Å². The van der Waals surface area contributed by atoms with Gasteiger partial charge in [-0.1, -0.05) is 43.9 Å². The summed E-state index contributed by atoms with van der Waals surface area (Å²) in [6.07, 6.45) is 9.41. The van der Waals surface area contributed by atoms with Gasteiger partial charge in [-0.25, -0.2) is 0 Å². The molecule has 3 heterocycles. The zero-order valence-electron chi connectivity index (χ0n) is 20.4. The van der Waals surface area contributed by atoms with Crippen molar-refractivity contribution in [1.29, 1.82) is 0 Å². The van der Waals surface area contributed by atoms with E-state index in [9.17, 15) is 0 Å². The topological polar surface area (TPSA) is 95.8 Å². The van der Waals surface area contributed by atoms with Crippen LogP contribution in [0.1, 0.15) is 24.8 Å². The highest BCUT2D eigenvalue weighted by Crippen LogP contribution is 2.29. The second kappa shape index (κ2) is 11.6. The van der Waals surface area contributed by atoms with Crippen LogP contribution in [0.5, 0.6) is 0 Å². The number of likely N-dealkylation sites (tertiary alicyclic amines) is 1. The molecule has 0 amide bonds. The first kappa shape index (κ1) is 24.4. The third-order valence-corrected chi connectivity index (χ3v) is 6.39. The Morgan fingerprint density at radius 3 is 2.60 bits per heavy atom. The minimum atomic E-state index is 0.528. The van der Waals surface area contributed by atoms with E-state index >= 15 is 0 Å². The molecule has 7 nitrogen and oxygen atoms in total. The lowest BCUT2D eigenvalue weighted by molar-refractivity contribution is 0.240. The first-order chi connectivity index (χ1) is 17.2. The van der Waals surface area contributed by atoms with E-state index in [2.05, 4.69) is 56.7 Å². The normalized spacial score (nSPS) is 14.8.